The Labute approximate surface area is 165 Å². The molecule has 7 heteroatoms. The van der Waals surface area contributed by atoms with E-state index in [0.717, 1.165) is 0 Å². The first-order valence-corrected chi connectivity index (χ1v) is 8.65. The van der Waals surface area contributed by atoms with Crippen LogP contribution in [0, 0.1) is 12.7 Å². The molecule has 0 aliphatic rings. The molecule has 0 saturated heterocycles. The molecule has 0 heterocycles. The minimum absolute atomic E-state index is 0.0817. The molecule has 0 radical (unpaired) electrons. The van der Waals surface area contributed by atoms with Crippen molar-refractivity contribution in [3.63, 3.8) is 0 Å². The predicted molar refractivity (Wildman–Crippen MR) is 104 cm³/mol. The second-order valence-corrected chi connectivity index (χ2v) is 6.31. The maximum absolute atomic E-state index is 13.3. The molecule has 3 rings (SSSR count). The van der Waals surface area contributed by atoms with Crippen molar-refractivity contribution in [2.45, 2.75) is 13.6 Å². The fourth-order valence-corrected chi connectivity index (χ4v) is 2.67. The molecule has 0 bridgehead atoms. The van der Waals surface area contributed by atoms with Gasteiger partial charge in [-0.25, -0.2) is 13.6 Å². The number of carboxylic acid groups (broad SMARTS) is 1. The molecule has 2 N–H and O–H groups in total. The molecule has 0 unspecified atom stereocenters. The number of halogens is 2. The number of rotatable bonds is 6. The summed E-state index contributed by atoms with van der Waals surface area (Å²) in [5.74, 6) is -1.51. The van der Waals surface area contributed by atoms with E-state index in [4.69, 9.17) is 9.84 Å². The summed E-state index contributed by atoms with van der Waals surface area (Å²) >= 11 is 0. The monoisotopic (exact) mass is 397 g/mol. The van der Waals surface area contributed by atoms with Gasteiger partial charge in [0.05, 0.1) is 11.1 Å². The minimum atomic E-state index is -1.08. The molecule has 3 aromatic carbocycles. The SMILES string of the molecule is Cc1cc(F)ccc1Oc1ccc(CF)cc1C(=O)Nc1ccc(C(=O)O)cc1. The van der Waals surface area contributed by atoms with Gasteiger partial charge in [-0.15, -0.1) is 0 Å². The highest BCUT2D eigenvalue weighted by Gasteiger charge is 2.16. The number of hydrogen-bond donors (Lipinski definition) is 2. The largest absolute Gasteiger partial charge is 0.478 e. The predicted octanol–water partition coefficient (Wildman–Crippen LogP) is 5.35. The molecule has 148 valence electrons. The lowest BCUT2D eigenvalue weighted by Crippen LogP contribution is -2.13. The summed E-state index contributed by atoms with van der Waals surface area (Å²) in [7, 11) is 0. The maximum Gasteiger partial charge on any atom is 0.335 e. The van der Waals surface area contributed by atoms with Gasteiger partial charge >= 0.3 is 5.97 Å². The van der Waals surface area contributed by atoms with Crippen LogP contribution in [0.15, 0.2) is 60.7 Å². The molecule has 0 aliphatic heterocycles. The number of aromatic carboxylic acids is 1. The van der Waals surface area contributed by atoms with Crippen LogP contribution in [0.5, 0.6) is 11.5 Å². The van der Waals surface area contributed by atoms with E-state index >= 15 is 0 Å². The zero-order chi connectivity index (χ0) is 21.0. The van der Waals surface area contributed by atoms with Crippen molar-refractivity contribution in [3.05, 3.63) is 88.7 Å². The normalized spacial score (nSPS) is 10.4. The lowest BCUT2D eigenvalue weighted by Gasteiger charge is -2.14. The highest BCUT2D eigenvalue weighted by molar-refractivity contribution is 6.06. The van der Waals surface area contributed by atoms with E-state index in [9.17, 15) is 18.4 Å². The molecule has 5 nitrogen and oxygen atoms in total. The van der Waals surface area contributed by atoms with Crippen molar-refractivity contribution < 1.29 is 28.2 Å². The zero-order valence-corrected chi connectivity index (χ0v) is 15.4. The number of alkyl halides is 1. The maximum atomic E-state index is 13.3. The Morgan fingerprint density at radius 2 is 1.69 bits per heavy atom. The fraction of sp³-hybridized carbons (Fsp3) is 0.0909. The minimum Gasteiger partial charge on any atom is -0.478 e. The number of ether oxygens (including phenoxy) is 1. The van der Waals surface area contributed by atoms with Crippen molar-refractivity contribution in [1.29, 1.82) is 0 Å². The highest BCUT2D eigenvalue weighted by atomic mass is 19.1. The standard InChI is InChI=1S/C22H17F2NO4/c1-13-10-16(24)5-9-19(13)29-20-8-2-14(12-23)11-18(20)21(26)25-17-6-3-15(4-7-17)22(27)28/h2-11H,12H2,1H3,(H,25,26)(H,27,28). The smallest absolute Gasteiger partial charge is 0.335 e. The lowest BCUT2D eigenvalue weighted by atomic mass is 10.1. The first-order valence-electron chi connectivity index (χ1n) is 8.65. The van der Waals surface area contributed by atoms with Crippen LogP contribution < -0.4 is 10.1 Å². The van der Waals surface area contributed by atoms with Gasteiger partial charge in [0.2, 0.25) is 0 Å². The van der Waals surface area contributed by atoms with E-state index in [2.05, 4.69) is 5.32 Å². The van der Waals surface area contributed by atoms with Crippen molar-refractivity contribution >= 4 is 17.6 Å². The van der Waals surface area contributed by atoms with Crippen molar-refractivity contribution in [1.82, 2.24) is 0 Å². The van der Waals surface area contributed by atoms with Gasteiger partial charge in [0, 0.05) is 5.69 Å². The van der Waals surface area contributed by atoms with Crippen LogP contribution in [-0.4, -0.2) is 17.0 Å². The number of aryl methyl sites for hydroxylation is 1. The Morgan fingerprint density at radius 3 is 2.31 bits per heavy atom. The first-order chi connectivity index (χ1) is 13.9. The van der Waals surface area contributed by atoms with Gasteiger partial charge in [-0.2, -0.15) is 0 Å². The Hall–Kier alpha value is -3.74. The van der Waals surface area contributed by atoms with Crippen LogP contribution in [0.4, 0.5) is 14.5 Å². The number of amides is 1. The number of carboxylic acids is 1. The molecule has 1 amide bonds. The van der Waals surface area contributed by atoms with Crippen molar-refractivity contribution in [3.8, 4) is 11.5 Å². The van der Waals surface area contributed by atoms with Gasteiger partial charge < -0.3 is 15.2 Å². The van der Waals surface area contributed by atoms with Gasteiger partial charge in [-0.05, 0) is 72.6 Å². The molecule has 0 fully saturated rings. The van der Waals surface area contributed by atoms with Crippen LogP contribution >= 0.6 is 0 Å². The van der Waals surface area contributed by atoms with E-state index < -0.39 is 24.4 Å². The summed E-state index contributed by atoms with van der Waals surface area (Å²) in [6, 6.07) is 13.9. The van der Waals surface area contributed by atoms with Gasteiger partial charge in [-0.1, -0.05) is 6.07 Å². The molecular formula is C22H17F2NO4. The van der Waals surface area contributed by atoms with Crippen molar-refractivity contribution in [2.24, 2.45) is 0 Å². The molecule has 0 spiro atoms. The Balaban J connectivity index is 1.89. The molecule has 0 aromatic heterocycles. The van der Waals surface area contributed by atoms with Crippen LogP contribution in [0.3, 0.4) is 0 Å². The molecule has 3 aromatic rings. The van der Waals surface area contributed by atoms with E-state index in [1.165, 1.54) is 60.7 Å². The third-order valence-electron chi connectivity index (χ3n) is 4.19. The van der Waals surface area contributed by atoms with Crippen molar-refractivity contribution in [2.75, 3.05) is 5.32 Å². The van der Waals surface area contributed by atoms with Crippen LogP contribution in [0.2, 0.25) is 0 Å². The van der Waals surface area contributed by atoms with Crippen LogP contribution in [0.1, 0.15) is 31.8 Å². The summed E-state index contributed by atoms with van der Waals surface area (Å²) in [6.45, 7) is 0.904. The van der Waals surface area contributed by atoms with E-state index in [-0.39, 0.29) is 16.9 Å². The van der Waals surface area contributed by atoms with Gasteiger partial charge in [0.15, 0.2) is 0 Å². The van der Waals surface area contributed by atoms with E-state index in [1.54, 1.807) is 6.92 Å². The van der Waals surface area contributed by atoms with Gasteiger partial charge in [0.1, 0.15) is 24.0 Å². The fourth-order valence-electron chi connectivity index (χ4n) is 2.67. The molecule has 0 saturated carbocycles. The molecular weight excluding hydrogens is 380 g/mol. The quantitative estimate of drug-likeness (QED) is 0.588. The Kier molecular flexibility index (Phi) is 5.87. The lowest BCUT2D eigenvalue weighted by molar-refractivity contribution is 0.0696. The average Bonchev–Trinajstić information content (AvgIpc) is 2.70. The number of benzene rings is 3. The molecule has 0 atom stereocenters. The molecule has 29 heavy (non-hydrogen) atoms. The number of hydrogen-bond acceptors (Lipinski definition) is 3. The van der Waals surface area contributed by atoms with E-state index in [1.807, 2.05) is 0 Å². The average molecular weight is 397 g/mol. The van der Waals surface area contributed by atoms with Gasteiger partial charge in [0.25, 0.3) is 5.91 Å². The second-order valence-electron chi connectivity index (χ2n) is 6.31. The third-order valence-corrected chi connectivity index (χ3v) is 4.19. The highest BCUT2D eigenvalue weighted by Crippen LogP contribution is 2.30. The summed E-state index contributed by atoms with van der Waals surface area (Å²) in [5, 5.41) is 11.6. The summed E-state index contributed by atoms with van der Waals surface area (Å²) < 4.78 is 32.2. The number of carbonyl (C=O) groups excluding carboxylic acids is 1. The number of nitrogens with one attached hydrogen (secondary N) is 1. The van der Waals surface area contributed by atoms with E-state index in [0.29, 0.717) is 22.6 Å². The summed E-state index contributed by atoms with van der Waals surface area (Å²) in [5.41, 5.74) is 1.37. The van der Waals surface area contributed by atoms with Gasteiger partial charge in [-0.3, -0.25) is 4.79 Å². The Bertz CT molecular complexity index is 1060. The zero-order valence-electron chi connectivity index (χ0n) is 15.4. The Morgan fingerprint density at radius 1 is 1.00 bits per heavy atom. The topological polar surface area (TPSA) is 75.6 Å². The second kappa shape index (κ2) is 8.52. The number of anilines is 1. The summed E-state index contributed by atoms with van der Waals surface area (Å²) in [4.78, 5) is 23.7. The molecule has 0 aliphatic carbocycles. The first kappa shape index (κ1) is 20.0. The van der Waals surface area contributed by atoms with Crippen LogP contribution in [-0.2, 0) is 6.67 Å². The van der Waals surface area contributed by atoms with Crippen LogP contribution in [0.25, 0.3) is 0 Å². The summed E-state index contributed by atoms with van der Waals surface area (Å²) in [6.07, 6.45) is 0. The third kappa shape index (κ3) is 4.76. The number of carbonyl (C=O) groups is 2.